The summed E-state index contributed by atoms with van der Waals surface area (Å²) in [5, 5.41) is 24.7. The smallest absolute Gasteiger partial charge is 0.409 e. The van der Waals surface area contributed by atoms with Crippen LogP contribution in [0.15, 0.2) is 35.9 Å². The molecule has 0 aromatic heterocycles. The highest BCUT2D eigenvalue weighted by Gasteiger charge is 2.64. The van der Waals surface area contributed by atoms with Crippen LogP contribution in [0.1, 0.15) is 65.5 Å². The molecule has 3 heterocycles. The number of epoxide rings is 1. The number of nitrogens with one attached hydrogen (secondary N) is 1. The lowest BCUT2D eigenvalue weighted by molar-refractivity contribution is -0.162. The first-order valence-corrected chi connectivity index (χ1v) is 16.1. The first-order valence-electron chi connectivity index (χ1n) is 15.8. The van der Waals surface area contributed by atoms with Gasteiger partial charge in [-0.05, 0) is 65.3 Å². The first-order chi connectivity index (χ1) is 21.4. The third-order valence-corrected chi connectivity index (χ3v) is 10.4. The molecule has 2 fully saturated rings. The number of aliphatic hydroxyl groups excluding tert-OH is 1. The van der Waals surface area contributed by atoms with Gasteiger partial charge in [-0.3, -0.25) is 19.8 Å². The molecule has 0 spiro atoms. The van der Waals surface area contributed by atoms with Crippen LogP contribution in [0.3, 0.4) is 0 Å². The average molecular weight is 662 g/mol. The van der Waals surface area contributed by atoms with Crippen molar-refractivity contribution in [2.45, 2.75) is 110 Å². The van der Waals surface area contributed by atoms with E-state index in [-0.39, 0.29) is 18.7 Å². The van der Waals surface area contributed by atoms with E-state index >= 15 is 0 Å². The lowest BCUT2D eigenvalue weighted by Crippen LogP contribution is -2.60. The number of ether oxygens (including phenoxy) is 3. The Bertz CT molecular complexity index is 1410. The third kappa shape index (κ3) is 7.44. The Kier molecular flexibility index (Phi) is 10.6. The van der Waals surface area contributed by atoms with Gasteiger partial charge in [0.05, 0.1) is 23.2 Å². The number of hydrogen-bond donors (Lipinski definition) is 3. The van der Waals surface area contributed by atoms with Crippen molar-refractivity contribution in [1.29, 1.82) is 0 Å². The van der Waals surface area contributed by atoms with Crippen molar-refractivity contribution in [1.82, 2.24) is 10.2 Å². The molecule has 4 bridgehead atoms. The zero-order chi connectivity index (χ0) is 34.3. The van der Waals surface area contributed by atoms with Gasteiger partial charge in [-0.2, -0.15) is 0 Å². The predicted molar refractivity (Wildman–Crippen MR) is 174 cm³/mol. The summed E-state index contributed by atoms with van der Waals surface area (Å²) in [5.41, 5.74) is 0.643. The van der Waals surface area contributed by atoms with Crippen molar-refractivity contribution in [2.24, 2.45) is 11.8 Å². The van der Waals surface area contributed by atoms with Crippen LogP contribution >= 0.6 is 11.6 Å². The van der Waals surface area contributed by atoms with Gasteiger partial charge in [0.15, 0.2) is 0 Å². The lowest BCUT2D eigenvalue weighted by atomic mass is 9.82. The molecular weight excluding hydrogens is 614 g/mol. The molecule has 0 radical (unpaired) electrons. The van der Waals surface area contributed by atoms with E-state index in [1.54, 1.807) is 34.9 Å². The van der Waals surface area contributed by atoms with Crippen LogP contribution in [-0.4, -0.2) is 89.1 Å². The summed E-state index contributed by atoms with van der Waals surface area (Å²) in [6, 6.07) is 3.04. The molecule has 12 heteroatoms. The Labute approximate surface area is 276 Å². The maximum Gasteiger partial charge on any atom is 0.409 e. The van der Waals surface area contributed by atoms with Gasteiger partial charge in [-0.1, -0.05) is 55.3 Å². The fraction of sp³-hybridized carbons (Fsp3) is 0.618. The summed E-state index contributed by atoms with van der Waals surface area (Å²) in [4.78, 5) is 42.9. The number of hydrogen-bond acceptors (Lipinski definition) is 9. The molecule has 0 aliphatic carbocycles. The van der Waals surface area contributed by atoms with Crippen molar-refractivity contribution < 1.29 is 38.8 Å². The van der Waals surface area contributed by atoms with Crippen LogP contribution in [0, 0.1) is 18.8 Å². The molecular formula is C34H48ClN3O8. The second-order valence-electron chi connectivity index (χ2n) is 13.4. The van der Waals surface area contributed by atoms with Crippen LogP contribution < -0.4 is 10.2 Å². The highest BCUT2D eigenvalue weighted by Crippen LogP contribution is 2.49. The van der Waals surface area contributed by atoms with Gasteiger partial charge in [0.25, 0.3) is 0 Å². The standard InChI is InChI=1S/C34H48ClN3O8/c1-18-11-10-12-20(3)34(43)17-26(44-32(42)36-34)21(4)30-33(7,46-30)27(45-31(41)22(5)37(8)23(6)39)16-28(40)38(9)25-15-24(13-18)14-19(2)29(25)35/h10-12,14-15,20-23,26-27,30,39,43H,13,16-17H2,1-9H3,(H,36,42)/b12-10+,18-11+/t20-,21?,22?,23-,26?,27?,30?,33?,34+/m1/s1. The number of carbonyl (C=O) groups excluding carboxylic acids is 3. The lowest BCUT2D eigenvalue weighted by Gasteiger charge is -2.41. The predicted octanol–water partition coefficient (Wildman–Crippen LogP) is 4.25. The number of nitrogens with zero attached hydrogens (tertiary/aromatic N) is 2. The molecule has 2 amide bonds. The number of aryl methyl sites for hydroxylation is 1. The SMILES string of the molecule is C/C1=C\C=C\[C@@H](C)[C@@]2(O)CC(OC(=O)N2)C(C)C2OC2(C)C(OC(=O)C(C)N(C)[C@@H](C)O)CC(=O)N(C)c2cc(cc(C)c2Cl)C1. The number of aliphatic hydroxyl groups is 2. The second-order valence-corrected chi connectivity index (χ2v) is 13.8. The van der Waals surface area contributed by atoms with Crippen molar-refractivity contribution in [3.05, 3.63) is 52.1 Å². The quantitative estimate of drug-likeness (QED) is 0.245. The number of carbonyl (C=O) groups is 3. The minimum atomic E-state index is -1.57. The van der Waals surface area contributed by atoms with Gasteiger partial charge >= 0.3 is 12.1 Å². The van der Waals surface area contributed by atoms with Gasteiger partial charge in [-0.25, -0.2) is 4.79 Å². The van der Waals surface area contributed by atoms with Crippen molar-refractivity contribution in [3.63, 3.8) is 0 Å². The van der Waals surface area contributed by atoms with Crippen LogP contribution in [0.25, 0.3) is 0 Å². The third-order valence-electron chi connectivity index (χ3n) is 9.89. The second kappa shape index (κ2) is 13.6. The Morgan fingerprint density at radius 3 is 2.57 bits per heavy atom. The summed E-state index contributed by atoms with van der Waals surface area (Å²) < 4.78 is 17.9. The molecule has 3 aliphatic rings. The zero-order valence-corrected chi connectivity index (χ0v) is 28.9. The number of anilines is 1. The van der Waals surface area contributed by atoms with E-state index in [0.717, 1.165) is 16.7 Å². The molecule has 46 heavy (non-hydrogen) atoms. The normalized spacial score (nSPS) is 35.2. The summed E-state index contributed by atoms with van der Waals surface area (Å²) >= 11 is 6.73. The average Bonchev–Trinajstić information content (AvgIpc) is 3.68. The Morgan fingerprint density at radius 2 is 1.91 bits per heavy atom. The van der Waals surface area contributed by atoms with E-state index in [4.69, 9.17) is 25.8 Å². The van der Waals surface area contributed by atoms with E-state index in [2.05, 4.69) is 5.32 Å². The largest absolute Gasteiger partial charge is 0.457 e. The summed E-state index contributed by atoms with van der Waals surface area (Å²) in [7, 11) is 3.23. The minimum Gasteiger partial charge on any atom is -0.457 e. The van der Waals surface area contributed by atoms with Crippen molar-refractivity contribution in [2.75, 3.05) is 19.0 Å². The number of fused-ring (bicyclic) bond motifs is 5. The van der Waals surface area contributed by atoms with Gasteiger partial charge in [-0.15, -0.1) is 0 Å². The van der Waals surface area contributed by atoms with Gasteiger partial charge in [0.1, 0.15) is 35.8 Å². The molecule has 9 atom stereocenters. The maximum atomic E-state index is 13.9. The number of esters is 1. The summed E-state index contributed by atoms with van der Waals surface area (Å²) in [5.74, 6) is -1.86. The van der Waals surface area contributed by atoms with Crippen molar-refractivity contribution in [3.8, 4) is 0 Å². The van der Waals surface area contributed by atoms with Crippen LogP contribution in [0.5, 0.6) is 0 Å². The molecule has 2 saturated heterocycles. The van der Waals surface area contributed by atoms with E-state index in [9.17, 15) is 24.6 Å². The molecule has 0 saturated carbocycles. The molecule has 4 rings (SSSR count). The fourth-order valence-corrected chi connectivity index (χ4v) is 6.51. The number of allylic oxidation sites excluding steroid dienone is 3. The highest BCUT2D eigenvalue weighted by molar-refractivity contribution is 6.34. The van der Waals surface area contributed by atoms with Gasteiger partial charge < -0.3 is 29.3 Å². The number of likely N-dealkylation sites (N-methyl/N-ethyl adjacent to an activating group) is 1. The molecule has 3 aliphatic heterocycles. The number of amides is 2. The maximum absolute atomic E-state index is 13.9. The first kappa shape index (κ1) is 35.9. The van der Waals surface area contributed by atoms with Gasteiger partial charge in [0.2, 0.25) is 5.91 Å². The molecule has 1 aromatic carbocycles. The van der Waals surface area contributed by atoms with Crippen LogP contribution in [0.2, 0.25) is 5.02 Å². The highest BCUT2D eigenvalue weighted by atomic mass is 35.5. The number of halogens is 1. The van der Waals surface area contributed by atoms with E-state index in [1.807, 2.05) is 58.1 Å². The van der Waals surface area contributed by atoms with Crippen molar-refractivity contribution >= 4 is 35.3 Å². The molecule has 6 unspecified atom stereocenters. The van der Waals surface area contributed by atoms with Crippen LogP contribution in [0.4, 0.5) is 10.5 Å². The van der Waals surface area contributed by atoms with Gasteiger partial charge in [0, 0.05) is 25.3 Å². The monoisotopic (exact) mass is 661 g/mol. The summed E-state index contributed by atoms with van der Waals surface area (Å²) in [6.45, 7) is 12.5. The van der Waals surface area contributed by atoms with E-state index in [1.165, 1.54) is 9.80 Å². The minimum absolute atomic E-state index is 0.0933. The molecule has 254 valence electrons. The fourth-order valence-electron chi connectivity index (χ4n) is 6.28. The topological polar surface area (TPSA) is 141 Å². The molecule has 3 N–H and O–H groups in total. The number of rotatable bonds is 4. The molecule has 11 nitrogen and oxygen atoms in total. The Hall–Kier alpha value is -2.96. The number of alkyl carbamates (subject to hydrolysis) is 1. The Morgan fingerprint density at radius 1 is 1.24 bits per heavy atom. The summed E-state index contributed by atoms with van der Waals surface area (Å²) in [6.07, 6.45) is 2.14. The number of benzene rings is 1. The van der Waals surface area contributed by atoms with E-state index < -0.39 is 65.8 Å². The Balaban J connectivity index is 1.76. The molecule has 1 aromatic rings. The zero-order valence-electron chi connectivity index (χ0n) is 28.2. The van der Waals surface area contributed by atoms with Crippen LogP contribution in [-0.2, 0) is 30.2 Å². The van der Waals surface area contributed by atoms with E-state index in [0.29, 0.717) is 17.1 Å².